The molecule has 8 bridgehead atoms. The van der Waals surface area contributed by atoms with Crippen LogP contribution >= 0.6 is 46.7 Å². The summed E-state index contributed by atoms with van der Waals surface area (Å²) in [5.41, 5.74) is 14.7. The Morgan fingerprint density at radius 3 is 1.63 bits per heavy atom. The van der Waals surface area contributed by atoms with Crippen LogP contribution in [0.3, 0.4) is 0 Å². The van der Waals surface area contributed by atoms with E-state index < -0.39 is 18.1 Å². The first-order chi connectivity index (χ1) is 46.6. The van der Waals surface area contributed by atoms with Gasteiger partial charge >= 0.3 is 25.4 Å². The second-order valence-corrected chi connectivity index (χ2v) is 29.0. The molecule has 5 aromatic carbocycles. The molecule has 486 valence electrons. The van der Waals surface area contributed by atoms with Crippen molar-refractivity contribution in [1.29, 1.82) is 0 Å². The summed E-state index contributed by atoms with van der Waals surface area (Å²) in [6.07, 6.45) is 9.76. The molecule has 0 radical (unpaired) electrons. The number of aliphatic carboxylic acids is 1. The quantitative estimate of drug-likeness (QED) is 0.0694. The first kappa shape index (κ1) is 68.2. The number of amides is 1. The van der Waals surface area contributed by atoms with Crippen LogP contribution in [-0.2, 0) is 53.0 Å². The maximum atomic E-state index is 14.3. The van der Waals surface area contributed by atoms with Gasteiger partial charge in [0.2, 0.25) is 0 Å². The summed E-state index contributed by atoms with van der Waals surface area (Å²) < 4.78 is 15.0. The SMILES string of the molecule is CCN1C(=O)C(=S)S/C1=c1\c(=O)s/c(=c2/sc(=Cc3ccc(C#Cc4c5nc(c(-c6ccc(OC)cc6)c6ccc([n-]6)c(N(c6ccc(C(C)(C)C)cc6)c6ccc(C(C)(C)C)cc6)c6nc(c(-c7ccc(OC)cc7)c7ccc4[n-]7)C=C6)C=C5)cc3)c(=O)n2CC(=O)O)n1CC.[Zn+2]. The van der Waals surface area contributed by atoms with Gasteiger partial charge in [-0.05, 0) is 155 Å². The fourth-order valence-corrected chi connectivity index (χ4v) is 15.7. The van der Waals surface area contributed by atoms with Crippen molar-refractivity contribution in [2.75, 3.05) is 25.7 Å². The van der Waals surface area contributed by atoms with Gasteiger partial charge in [0.05, 0.1) is 47.2 Å². The number of hydrogen-bond donors (Lipinski definition) is 1. The van der Waals surface area contributed by atoms with Crippen molar-refractivity contribution in [3.05, 3.63) is 235 Å². The van der Waals surface area contributed by atoms with E-state index in [4.69, 9.17) is 41.6 Å². The number of fused-ring (bicyclic) bond motifs is 8. The number of ether oxygens (including phenoxy) is 2. The molecule has 3 aliphatic rings. The molecule has 10 aromatic rings. The van der Waals surface area contributed by atoms with Crippen LogP contribution in [0.25, 0.3) is 79.7 Å². The molecule has 1 saturated heterocycles. The minimum absolute atomic E-state index is 0. The summed E-state index contributed by atoms with van der Waals surface area (Å²) in [5, 5.41) is 10.7. The monoisotopic (exact) mass is 1420 g/mol. The number of benzene rings is 5. The standard InChI is InChI=1S/C78H68N8O7S4.Zn/c1-11-83-69(72-84(12-2)71(90)76(94)97-72)75(91)96-73(83)74-85(44-65(87)88)70(89)64(95-74)43-46-15-13-45(14-16-46)17-34-55-56-35-37-58(79-56)66(47-18-30-53(92-9)31-19-47)60-39-41-62(81-60)68(63-42-40-61(82-63)67(59-38-36-57(55)80-59)48-20-32-54(93-10)33-21-48)86(51-26-22-49(23-27-51)77(3,4)5)52-28-24-50(25-29-52)78(6,7)8;/h13-16,18-33,35-43H,11-12,44H2,1-10H3,(H3,79,80,81,82,87,88,89,90,94);/q;+2/p-2/b56-55?,57-55?,66-58?,66-60?,67-59?,67-61?,68-62?,68-63?,72-69+,74-73+;. The maximum absolute atomic E-state index is 14.3. The molecule has 3 aliphatic heterocycles. The van der Waals surface area contributed by atoms with Gasteiger partial charge in [-0.1, -0.05) is 174 Å². The van der Waals surface area contributed by atoms with Gasteiger partial charge in [0.25, 0.3) is 16.2 Å². The van der Waals surface area contributed by atoms with Crippen LogP contribution in [0.5, 0.6) is 11.5 Å². The topological polar surface area (TPSA) is 177 Å². The van der Waals surface area contributed by atoms with E-state index in [1.54, 1.807) is 31.8 Å². The molecule has 15 nitrogen and oxygen atoms in total. The van der Waals surface area contributed by atoms with Gasteiger partial charge in [-0.15, -0.1) is 33.4 Å². The van der Waals surface area contributed by atoms with Crippen LogP contribution in [0.1, 0.15) is 106 Å². The Morgan fingerprint density at radius 1 is 0.612 bits per heavy atom. The van der Waals surface area contributed by atoms with Crippen molar-refractivity contribution >= 4 is 137 Å². The van der Waals surface area contributed by atoms with E-state index in [0.29, 0.717) is 100 Å². The number of thiocarbonyl (C=S) groups is 1. The Balaban J connectivity index is 0.00000914. The second kappa shape index (κ2) is 27.6. The van der Waals surface area contributed by atoms with Crippen molar-refractivity contribution < 1.29 is 43.6 Å². The number of hydrogen-bond acceptors (Lipinski definition) is 13. The van der Waals surface area contributed by atoms with Crippen LogP contribution in [-0.4, -0.2) is 65.9 Å². The van der Waals surface area contributed by atoms with Crippen LogP contribution in [0.15, 0.2) is 155 Å². The number of methoxy groups -OCH3 is 2. The fraction of sp³-hybridized carbons (Fsp3) is 0.192. The zero-order chi connectivity index (χ0) is 68.2. The predicted molar refractivity (Wildman–Crippen MR) is 397 cm³/mol. The Kier molecular flexibility index (Phi) is 19.2. The van der Waals surface area contributed by atoms with Gasteiger partial charge in [-0.25, -0.2) is 9.97 Å². The van der Waals surface area contributed by atoms with Gasteiger partial charge in [0.15, 0.2) is 0 Å². The van der Waals surface area contributed by atoms with E-state index in [0.717, 1.165) is 73.8 Å². The number of carboxylic acid groups (broad SMARTS) is 1. The number of rotatable bonds is 12. The normalized spacial score (nSPS) is 14.0. The van der Waals surface area contributed by atoms with Gasteiger partial charge < -0.3 is 34.0 Å². The molecule has 20 heteroatoms. The Labute approximate surface area is 596 Å². The molecule has 13 rings (SSSR count). The average Bonchev–Trinajstić information content (AvgIpc) is 1.63. The van der Waals surface area contributed by atoms with Crippen LogP contribution < -0.4 is 44.5 Å². The molecule has 0 aliphatic carbocycles. The number of nitrogens with zero attached hydrogens (tertiary/aromatic N) is 8. The largest absolute Gasteiger partial charge is 2.00 e. The Bertz CT molecular complexity index is 5440. The summed E-state index contributed by atoms with van der Waals surface area (Å²) >= 11 is 8.39. The molecule has 1 amide bonds. The smallest absolute Gasteiger partial charge is 0.656 e. The number of carbonyl (C=O) groups is 2. The number of aromatic nitrogens is 6. The van der Waals surface area contributed by atoms with E-state index in [1.807, 2.05) is 116 Å². The molecule has 8 heterocycles. The first-order valence-electron chi connectivity index (χ1n) is 31.5. The van der Waals surface area contributed by atoms with Gasteiger partial charge in [0.1, 0.15) is 41.9 Å². The van der Waals surface area contributed by atoms with Crippen molar-refractivity contribution in [3.63, 3.8) is 0 Å². The number of thiazole rings is 2. The first-order valence-corrected chi connectivity index (χ1v) is 34.4. The zero-order valence-corrected chi connectivity index (χ0v) is 61.9. The molecule has 0 saturated carbocycles. The van der Waals surface area contributed by atoms with Crippen LogP contribution in [0.2, 0.25) is 0 Å². The summed E-state index contributed by atoms with van der Waals surface area (Å²) in [6.45, 7) is 16.9. The number of anilines is 3. The zero-order valence-electron chi connectivity index (χ0n) is 55.7. The number of carbonyl (C=O) groups excluding carboxylic acids is 1. The molecule has 1 N–H and O–H groups in total. The summed E-state index contributed by atoms with van der Waals surface area (Å²) in [5.74, 6) is 6.72. The third kappa shape index (κ3) is 13.3. The van der Waals surface area contributed by atoms with Crippen molar-refractivity contribution in [2.24, 2.45) is 0 Å². The molecule has 0 unspecified atom stereocenters. The van der Waals surface area contributed by atoms with E-state index >= 15 is 0 Å². The molecule has 0 atom stereocenters. The predicted octanol–water partition coefficient (Wildman–Crippen LogP) is 14.4. The van der Waals surface area contributed by atoms with Crippen molar-refractivity contribution in [2.45, 2.75) is 79.3 Å². The van der Waals surface area contributed by atoms with E-state index in [2.05, 4.69) is 119 Å². The number of thioether (sulfide) groups is 1. The van der Waals surface area contributed by atoms with E-state index in [9.17, 15) is 24.3 Å². The second-order valence-electron chi connectivity index (χ2n) is 25.3. The molecule has 98 heavy (non-hydrogen) atoms. The molecule has 5 aromatic heterocycles. The van der Waals surface area contributed by atoms with E-state index in [1.165, 1.54) is 20.6 Å². The third-order valence-electron chi connectivity index (χ3n) is 17.1. The van der Waals surface area contributed by atoms with Crippen LogP contribution in [0, 0.1) is 21.2 Å². The number of carboxylic acids is 1. The summed E-state index contributed by atoms with van der Waals surface area (Å²) in [4.78, 5) is 79.2. The van der Waals surface area contributed by atoms with Crippen molar-refractivity contribution in [1.82, 2.24) is 34.0 Å². The van der Waals surface area contributed by atoms with E-state index in [-0.39, 0.29) is 55.0 Å². The van der Waals surface area contributed by atoms with Gasteiger partial charge in [0, 0.05) is 35.6 Å². The summed E-state index contributed by atoms with van der Waals surface area (Å²) in [6, 6.07) is 48.8. The van der Waals surface area contributed by atoms with Crippen LogP contribution in [0.4, 0.5) is 17.1 Å². The van der Waals surface area contributed by atoms with Crippen molar-refractivity contribution in [3.8, 4) is 45.6 Å². The fourth-order valence-electron chi connectivity index (χ4n) is 12.0. The maximum Gasteiger partial charge on any atom is 2.00 e. The summed E-state index contributed by atoms with van der Waals surface area (Å²) in [7, 11) is 3.29. The van der Waals surface area contributed by atoms with Gasteiger partial charge in [-0.2, -0.15) is 0 Å². The molecular weight excluding hydrogens is 1350 g/mol. The molecular formula is C78H66N8O7S4Zn. The minimum Gasteiger partial charge on any atom is -0.656 e. The Hall–Kier alpha value is -9.74. The third-order valence-corrected chi connectivity index (χ3v) is 20.7. The minimum atomic E-state index is -1.22. The Morgan fingerprint density at radius 2 is 1.11 bits per heavy atom. The molecule has 1 fully saturated rings. The molecule has 0 spiro atoms. The average molecular weight is 1420 g/mol. The van der Waals surface area contributed by atoms with Gasteiger partial charge in [-0.3, -0.25) is 28.6 Å².